The zero-order valence-corrected chi connectivity index (χ0v) is 12.4. The lowest BCUT2D eigenvalue weighted by Gasteiger charge is -2.43. The second kappa shape index (κ2) is 5.41. The molecule has 0 heterocycles. The minimum absolute atomic E-state index is 0.253. The fraction of sp³-hybridized carbons (Fsp3) is 0.625. The van der Waals surface area contributed by atoms with Crippen molar-refractivity contribution in [3.05, 3.63) is 23.8 Å². The third kappa shape index (κ3) is 2.57. The van der Waals surface area contributed by atoms with Crippen LogP contribution in [0.5, 0.6) is 11.5 Å². The van der Waals surface area contributed by atoms with Crippen LogP contribution in [0.25, 0.3) is 0 Å². The van der Waals surface area contributed by atoms with Gasteiger partial charge in [-0.1, -0.05) is 26.3 Å². The summed E-state index contributed by atoms with van der Waals surface area (Å²) in [6, 6.07) is 6.07. The molecule has 2 N–H and O–H groups in total. The van der Waals surface area contributed by atoms with Gasteiger partial charge in [0.15, 0.2) is 11.5 Å². The van der Waals surface area contributed by atoms with Crippen LogP contribution in [0.15, 0.2) is 18.2 Å². The standard InChI is InChI=1S/C16H25NO2/c1-11-5-6-12(2)16(17,10-11)13-7-8-14(18-3)15(9-13)19-4/h7-9,11-12H,5-6,10,17H2,1-4H3. The monoisotopic (exact) mass is 263 g/mol. The second-order valence-corrected chi connectivity index (χ2v) is 5.90. The third-order valence-electron chi connectivity index (χ3n) is 4.58. The number of hydrogen-bond acceptors (Lipinski definition) is 3. The van der Waals surface area contributed by atoms with E-state index in [2.05, 4.69) is 19.9 Å². The van der Waals surface area contributed by atoms with Gasteiger partial charge in [-0.3, -0.25) is 0 Å². The van der Waals surface area contributed by atoms with E-state index >= 15 is 0 Å². The van der Waals surface area contributed by atoms with Crippen LogP contribution in [0.3, 0.4) is 0 Å². The maximum Gasteiger partial charge on any atom is 0.161 e. The van der Waals surface area contributed by atoms with Crippen molar-refractivity contribution >= 4 is 0 Å². The first kappa shape index (κ1) is 14.2. The molecule has 3 heteroatoms. The van der Waals surface area contributed by atoms with Crippen LogP contribution in [-0.4, -0.2) is 14.2 Å². The molecule has 1 aliphatic rings. The highest BCUT2D eigenvalue weighted by molar-refractivity contribution is 5.45. The minimum Gasteiger partial charge on any atom is -0.493 e. The Hall–Kier alpha value is -1.22. The van der Waals surface area contributed by atoms with Gasteiger partial charge in [-0.05, 0) is 42.4 Å². The normalized spacial score (nSPS) is 31.0. The van der Waals surface area contributed by atoms with Crippen LogP contribution in [0.1, 0.15) is 38.7 Å². The molecule has 3 atom stereocenters. The van der Waals surface area contributed by atoms with Gasteiger partial charge >= 0.3 is 0 Å². The Kier molecular flexibility index (Phi) is 4.04. The van der Waals surface area contributed by atoms with Gasteiger partial charge in [0.1, 0.15) is 0 Å². The van der Waals surface area contributed by atoms with Gasteiger partial charge in [0, 0.05) is 5.54 Å². The number of rotatable bonds is 3. The second-order valence-electron chi connectivity index (χ2n) is 5.90. The van der Waals surface area contributed by atoms with Crippen molar-refractivity contribution in [3.63, 3.8) is 0 Å². The molecule has 0 saturated heterocycles. The summed E-state index contributed by atoms with van der Waals surface area (Å²) in [5.41, 5.74) is 7.64. The summed E-state index contributed by atoms with van der Waals surface area (Å²) >= 11 is 0. The quantitative estimate of drug-likeness (QED) is 0.910. The van der Waals surface area contributed by atoms with Crippen molar-refractivity contribution in [2.45, 2.75) is 38.6 Å². The van der Waals surface area contributed by atoms with Gasteiger partial charge in [-0.15, -0.1) is 0 Å². The average molecular weight is 263 g/mol. The summed E-state index contributed by atoms with van der Waals surface area (Å²) in [6.45, 7) is 4.54. The molecule has 0 bridgehead atoms. The highest BCUT2D eigenvalue weighted by atomic mass is 16.5. The number of methoxy groups -OCH3 is 2. The SMILES string of the molecule is COc1ccc(C2(N)CC(C)CCC2C)cc1OC. The maximum atomic E-state index is 6.73. The minimum atomic E-state index is -0.253. The molecular weight excluding hydrogens is 238 g/mol. The molecule has 1 aliphatic carbocycles. The Morgan fingerprint density at radius 3 is 2.42 bits per heavy atom. The predicted octanol–water partition coefficient (Wildman–Crippen LogP) is 3.31. The lowest BCUT2D eigenvalue weighted by atomic mass is 9.67. The Morgan fingerprint density at radius 2 is 1.79 bits per heavy atom. The molecule has 3 unspecified atom stereocenters. The smallest absolute Gasteiger partial charge is 0.161 e. The molecule has 3 nitrogen and oxygen atoms in total. The van der Waals surface area contributed by atoms with Crippen LogP contribution in [0.2, 0.25) is 0 Å². The first-order chi connectivity index (χ1) is 9.01. The average Bonchev–Trinajstić information content (AvgIpc) is 2.42. The molecular formula is C16H25NO2. The summed E-state index contributed by atoms with van der Waals surface area (Å²) in [6.07, 6.45) is 3.49. The van der Waals surface area contributed by atoms with Crippen molar-refractivity contribution in [3.8, 4) is 11.5 Å². The van der Waals surface area contributed by atoms with E-state index in [1.54, 1.807) is 14.2 Å². The zero-order chi connectivity index (χ0) is 14.0. The van der Waals surface area contributed by atoms with E-state index in [1.807, 2.05) is 12.1 Å². The van der Waals surface area contributed by atoms with Gasteiger partial charge in [-0.25, -0.2) is 0 Å². The molecule has 0 aliphatic heterocycles. The third-order valence-corrected chi connectivity index (χ3v) is 4.58. The summed E-state index contributed by atoms with van der Waals surface area (Å²) in [7, 11) is 3.32. The van der Waals surface area contributed by atoms with Gasteiger partial charge < -0.3 is 15.2 Å². The van der Waals surface area contributed by atoms with Crippen LogP contribution in [0.4, 0.5) is 0 Å². The molecule has 2 rings (SSSR count). The van der Waals surface area contributed by atoms with Crippen molar-refractivity contribution in [2.75, 3.05) is 14.2 Å². The van der Waals surface area contributed by atoms with Gasteiger partial charge in [0.2, 0.25) is 0 Å². The fourth-order valence-electron chi connectivity index (χ4n) is 3.20. The molecule has 0 spiro atoms. The Morgan fingerprint density at radius 1 is 1.11 bits per heavy atom. The van der Waals surface area contributed by atoms with E-state index in [1.165, 1.54) is 12.8 Å². The largest absolute Gasteiger partial charge is 0.493 e. The summed E-state index contributed by atoms with van der Waals surface area (Å²) in [4.78, 5) is 0. The summed E-state index contributed by atoms with van der Waals surface area (Å²) in [5, 5.41) is 0. The Labute approximate surface area is 116 Å². The van der Waals surface area contributed by atoms with Gasteiger partial charge in [0.25, 0.3) is 0 Å². The van der Waals surface area contributed by atoms with Gasteiger partial charge in [-0.2, -0.15) is 0 Å². The van der Waals surface area contributed by atoms with E-state index < -0.39 is 0 Å². The number of nitrogens with two attached hydrogens (primary N) is 1. The van der Waals surface area contributed by atoms with E-state index in [9.17, 15) is 0 Å². The summed E-state index contributed by atoms with van der Waals surface area (Å²) < 4.78 is 10.7. The molecule has 1 aromatic rings. The van der Waals surface area contributed by atoms with Gasteiger partial charge in [0.05, 0.1) is 14.2 Å². The summed E-state index contributed by atoms with van der Waals surface area (Å²) in [5.74, 6) is 2.68. The highest BCUT2D eigenvalue weighted by Gasteiger charge is 2.39. The topological polar surface area (TPSA) is 44.5 Å². The number of ether oxygens (including phenoxy) is 2. The molecule has 1 aromatic carbocycles. The molecule has 0 aromatic heterocycles. The fourth-order valence-corrected chi connectivity index (χ4v) is 3.20. The highest BCUT2D eigenvalue weighted by Crippen LogP contribution is 2.43. The molecule has 106 valence electrons. The van der Waals surface area contributed by atoms with Crippen LogP contribution >= 0.6 is 0 Å². The van der Waals surface area contributed by atoms with E-state index in [0.717, 1.165) is 23.5 Å². The molecule has 1 saturated carbocycles. The van der Waals surface area contributed by atoms with Crippen LogP contribution in [-0.2, 0) is 5.54 Å². The van der Waals surface area contributed by atoms with E-state index in [0.29, 0.717) is 11.8 Å². The number of hydrogen-bond donors (Lipinski definition) is 1. The van der Waals surface area contributed by atoms with Crippen LogP contribution < -0.4 is 15.2 Å². The van der Waals surface area contributed by atoms with Crippen molar-refractivity contribution in [1.82, 2.24) is 0 Å². The number of benzene rings is 1. The lowest BCUT2D eigenvalue weighted by molar-refractivity contribution is 0.161. The lowest BCUT2D eigenvalue weighted by Crippen LogP contribution is -2.47. The van der Waals surface area contributed by atoms with Crippen molar-refractivity contribution in [2.24, 2.45) is 17.6 Å². The molecule has 19 heavy (non-hydrogen) atoms. The van der Waals surface area contributed by atoms with Crippen molar-refractivity contribution in [1.29, 1.82) is 0 Å². The van der Waals surface area contributed by atoms with E-state index in [4.69, 9.17) is 15.2 Å². The maximum absolute atomic E-state index is 6.73. The predicted molar refractivity (Wildman–Crippen MR) is 77.6 cm³/mol. The molecule has 0 radical (unpaired) electrons. The molecule has 0 amide bonds. The zero-order valence-electron chi connectivity index (χ0n) is 12.4. The van der Waals surface area contributed by atoms with E-state index in [-0.39, 0.29) is 5.54 Å². The first-order valence-electron chi connectivity index (χ1n) is 7.02. The van der Waals surface area contributed by atoms with Crippen LogP contribution in [0, 0.1) is 11.8 Å². The Balaban J connectivity index is 2.39. The first-order valence-corrected chi connectivity index (χ1v) is 7.02. The Bertz CT molecular complexity index is 446. The molecule has 1 fully saturated rings. The van der Waals surface area contributed by atoms with Crippen molar-refractivity contribution < 1.29 is 9.47 Å².